The predicted molar refractivity (Wildman–Crippen MR) is 119 cm³/mol. The number of unbranched alkanes of at least 4 members (excludes halogenated alkanes) is 1. The topological polar surface area (TPSA) is 34.1 Å². The van der Waals surface area contributed by atoms with E-state index in [1.165, 1.54) is 12.1 Å². The molecule has 5 rings (SSSR count). The molecular formula is C26H25FN2O2. The van der Waals surface area contributed by atoms with Gasteiger partial charge in [-0.3, -0.25) is 0 Å². The van der Waals surface area contributed by atoms with Gasteiger partial charge in [0.1, 0.15) is 17.3 Å². The largest absolute Gasteiger partial charge is 0.494 e. The highest BCUT2D eigenvalue weighted by Gasteiger charge is 2.40. The fourth-order valence-corrected chi connectivity index (χ4v) is 4.13. The molecule has 2 atom stereocenters. The van der Waals surface area contributed by atoms with Gasteiger partial charge in [-0.15, -0.1) is 0 Å². The van der Waals surface area contributed by atoms with Gasteiger partial charge in [-0.2, -0.15) is 5.10 Å². The zero-order valence-corrected chi connectivity index (χ0v) is 17.5. The maximum absolute atomic E-state index is 13.5. The van der Waals surface area contributed by atoms with Crippen LogP contribution in [-0.4, -0.2) is 17.3 Å². The van der Waals surface area contributed by atoms with Crippen LogP contribution >= 0.6 is 0 Å². The fraction of sp³-hybridized carbons (Fsp3) is 0.269. The lowest BCUT2D eigenvalue weighted by molar-refractivity contribution is -0.0190. The minimum atomic E-state index is -0.394. The molecule has 0 unspecified atom stereocenters. The summed E-state index contributed by atoms with van der Waals surface area (Å²) in [6.45, 7) is 2.89. The van der Waals surface area contributed by atoms with Gasteiger partial charge in [0.15, 0.2) is 0 Å². The molecule has 3 aromatic rings. The average Bonchev–Trinajstić information content (AvgIpc) is 3.26. The van der Waals surface area contributed by atoms with Gasteiger partial charge < -0.3 is 9.47 Å². The zero-order valence-electron chi connectivity index (χ0n) is 17.5. The summed E-state index contributed by atoms with van der Waals surface area (Å²) in [6.07, 6.45) is 2.56. The van der Waals surface area contributed by atoms with Crippen LogP contribution < -0.4 is 9.47 Å². The van der Waals surface area contributed by atoms with E-state index < -0.39 is 6.23 Å². The molecule has 0 saturated heterocycles. The summed E-state index contributed by atoms with van der Waals surface area (Å²) in [5.74, 6) is 1.48. The second-order valence-corrected chi connectivity index (χ2v) is 7.93. The lowest BCUT2D eigenvalue weighted by Gasteiger charge is -2.38. The van der Waals surface area contributed by atoms with Gasteiger partial charge in [-0.05, 0) is 54.4 Å². The van der Waals surface area contributed by atoms with E-state index in [0.29, 0.717) is 0 Å². The van der Waals surface area contributed by atoms with Gasteiger partial charge in [-0.1, -0.05) is 43.7 Å². The summed E-state index contributed by atoms with van der Waals surface area (Å²) in [5.41, 5.74) is 4.09. The molecule has 0 amide bonds. The molecule has 0 radical (unpaired) electrons. The van der Waals surface area contributed by atoms with Crippen LogP contribution in [0.1, 0.15) is 55.1 Å². The zero-order chi connectivity index (χ0) is 21.2. The Kier molecular flexibility index (Phi) is 5.33. The van der Waals surface area contributed by atoms with Gasteiger partial charge in [0.2, 0.25) is 6.23 Å². The first kappa shape index (κ1) is 19.6. The molecule has 0 fully saturated rings. The number of hydrazone groups is 1. The second kappa shape index (κ2) is 8.42. The van der Waals surface area contributed by atoms with Crippen molar-refractivity contribution in [3.8, 4) is 11.5 Å². The van der Waals surface area contributed by atoms with Gasteiger partial charge >= 0.3 is 0 Å². The number of para-hydroxylation sites is 1. The molecule has 2 aliphatic heterocycles. The molecule has 4 nitrogen and oxygen atoms in total. The van der Waals surface area contributed by atoms with Crippen LogP contribution in [0.5, 0.6) is 11.5 Å². The number of nitrogens with zero attached hydrogens (tertiary/aromatic N) is 2. The van der Waals surface area contributed by atoms with Gasteiger partial charge in [0.05, 0.1) is 18.4 Å². The van der Waals surface area contributed by atoms with E-state index in [1.807, 2.05) is 35.3 Å². The molecule has 2 aliphatic rings. The maximum Gasteiger partial charge on any atom is 0.213 e. The minimum Gasteiger partial charge on any atom is -0.494 e. The number of halogens is 1. The van der Waals surface area contributed by atoms with Crippen LogP contribution in [0.4, 0.5) is 4.39 Å². The Morgan fingerprint density at radius 2 is 1.81 bits per heavy atom. The van der Waals surface area contributed by atoms with Crippen molar-refractivity contribution in [1.29, 1.82) is 0 Å². The van der Waals surface area contributed by atoms with Crippen molar-refractivity contribution in [3.05, 3.63) is 95.3 Å². The van der Waals surface area contributed by atoms with Gasteiger partial charge in [0.25, 0.3) is 0 Å². The normalized spacial score (nSPS) is 19.3. The molecule has 0 aliphatic carbocycles. The average molecular weight is 416 g/mol. The van der Waals surface area contributed by atoms with Gasteiger partial charge in [0, 0.05) is 17.5 Å². The van der Waals surface area contributed by atoms with Crippen molar-refractivity contribution in [2.45, 2.75) is 38.5 Å². The molecular weight excluding hydrogens is 391 g/mol. The predicted octanol–water partition coefficient (Wildman–Crippen LogP) is 6.25. The molecule has 0 spiro atoms. The van der Waals surface area contributed by atoms with Crippen molar-refractivity contribution in [2.24, 2.45) is 5.10 Å². The van der Waals surface area contributed by atoms with E-state index in [0.717, 1.165) is 59.8 Å². The first-order valence-corrected chi connectivity index (χ1v) is 10.8. The minimum absolute atomic E-state index is 0.0792. The molecule has 0 saturated carbocycles. The summed E-state index contributed by atoms with van der Waals surface area (Å²) in [7, 11) is 0. The number of hydrogen-bond donors (Lipinski definition) is 0. The van der Waals surface area contributed by atoms with Crippen molar-refractivity contribution >= 4 is 5.71 Å². The number of hydrogen-bond acceptors (Lipinski definition) is 4. The molecule has 0 N–H and O–H groups in total. The Bertz CT molecular complexity index is 1080. The fourth-order valence-electron chi connectivity index (χ4n) is 4.13. The SMILES string of the molecule is CCCCOc1ccc(C2=NN3[C@H](C2)c2ccccc2O[C@H]3c2ccc(F)cc2)cc1. The summed E-state index contributed by atoms with van der Waals surface area (Å²) in [6, 6.07) is 22.8. The Labute approximate surface area is 181 Å². The second-order valence-electron chi connectivity index (χ2n) is 7.93. The van der Waals surface area contributed by atoms with Crippen LogP contribution in [0.25, 0.3) is 0 Å². The molecule has 2 heterocycles. The quantitative estimate of drug-likeness (QED) is 0.446. The van der Waals surface area contributed by atoms with Crippen LogP contribution in [0.2, 0.25) is 0 Å². The number of rotatable bonds is 6. The highest BCUT2D eigenvalue weighted by molar-refractivity contribution is 6.02. The highest BCUT2D eigenvalue weighted by atomic mass is 19.1. The Balaban J connectivity index is 1.45. The first-order valence-electron chi connectivity index (χ1n) is 10.8. The molecule has 0 bridgehead atoms. The Hall–Kier alpha value is -3.34. The van der Waals surface area contributed by atoms with Gasteiger partial charge in [-0.25, -0.2) is 9.40 Å². The van der Waals surface area contributed by atoms with Crippen LogP contribution in [-0.2, 0) is 0 Å². The van der Waals surface area contributed by atoms with Crippen molar-refractivity contribution in [1.82, 2.24) is 5.01 Å². The van der Waals surface area contributed by atoms with E-state index in [2.05, 4.69) is 25.1 Å². The summed E-state index contributed by atoms with van der Waals surface area (Å²) in [5, 5.41) is 6.97. The standard InChI is InChI=1S/C26H25FN2O2/c1-2-3-16-30-21-14-10-18(11-15-21)23-17-24-22-6-4-5-7-25(22)31-26(29(24)28-23)19-8-12-20(27)13-9-19/h4-15,24,26H,2-3,16-17H2,1H3/t24-,26+/m1/s1. The smallest absolute Gasteiger partial charge is 0.213 e. The van der Waals surface area contributed by atoms with Crippen molar-refractivity contribution in [3.63, 3.8) is 0 Å². The number of fused-ring (bicyclic) bond motifs is 3. The highest BCUT2D eigenvalue weighted by Crippen LogP contribution is 2.47. The Morgan fingerprint density at radius 1 is 1.03 bits per heavy atom. The summed E-state index contributed by atoms with van der Waals surface area (Å²) in [4.78, 5) is 0. The van der Waals surface area contributed by atoms with Crippen molar-refractivity contribution < 1.29 is 13.9 Å². The summed E-state index contributed by atoms with van der Waals surface area (Å²) < 4.78 is 25.6. The monoisotopic (exact) mass is 416 g/mol. The number of ether oxygens (including phenoxy) is 2. The third-order valence-electron chi connectivity index (χ3n) is 5.81. The van der Waals surface area contributed by atoms with E-state index in [-0.39, 0.29) is 11.9 Å². The maximum atomic E-state index is 13.5. The first-order chi connectivity index (χ1) is 15.2. The van der Waals surface area contributed by atoms with Crippen molar-refractivity contribution in [2.75, 3.05) is 6.61 Å². The molecule has 158 valence electrons. The Morgan fingerprint density at radius 3 is 2.58 bits per heavy atom. The van der Waals surface area contributed by atoms with E-state index in [9.17, 15) is 4.39 Å². The molecule has 31 heavy (non-hydrogen) atoms. The number of benzene rings is 3. The molecule has 3 aromatic carbocycles. The van der Waals surface area contributed by atoms with Crippen LogP contribution in [0.15, 0.2) is 77.9 Å². The summed E-state index contributed by atoms with van der Waals surface area (Å²) >= 11 is 0. The lowest BCUT2D eigenvalue weighted by Crippen LogP contribution is -2.33. The third kappa shape index (κ3) is 3.88. The third-order valence-corrected chi connectivity index (χ3v) is 5.81. The van der Waals surface area contributed by atoms with Crippen LogP contribution in [0.3, 0.4) is 0 Å². The van der Waals surface area contributed by atoms with E-state index >= 15 is 0 Å². The van der Waals surface area contributed by atoms with E-state index in [4.69, 9.17) is 14.6 Å². The van der Waals surface area contributed by atoms with Crippen LogP contribution in [0, 0.1) is 5.82 Å². The lowest BCUT2D eigenvalue weighted by atomic mass is 9.96. The molecule has 5 heteroatoms. The van der Waals surface area contributed by atoms with E-state index in [1.54, 1.807) is 12.1 Å². The molecule has 0 aromatic heterocycles.